The summed E-state index contributed by atoms with van der Waals surface area (Å²) >= 11 is 0. The molecule has 10 nitrogen and oxygen atoms in total. The number of aromatic amines is 1. The number of aromatic nitrogens is 5. The van der Waals surface area contributed by atoms with E-state index in [1.165, 1.54) is 5.57 Å². The summed E-state index contributed by atoms with van der Waals surface area (Å²) in [5, 5.41) is 21.1. The average Bonchev–Trinajstić information content (AvgIpc) is 3.79. The molecule has 1 unspecified atom stereocenters. The molecule has 4 aliphatic rings. The monoisotopic (exact) mass is 482 g/mol. The minimum absolute atomic E-state index is 0.105. The zero-order chi connectivity index (χ0) is 24.3. The van der Waals surface area contributed by atoms with Crippen LogP contribution >= 0.6 is 0 Å². The Morgan fingerprint density at radius 1 is 1.25 bits per heavy atom. The van der Waals surface area contributed by atoms with Gasteiger partial charge in [0.15, 0.2) is 5.65 Å². The van der Waals surface area contributed by atoms with E-state index in [1.807, 2.05) is 6.07 Å². The summed E-state index contributed by atoms with van der Waals surface area (Å²) in [5.41, 5.74) is 3.82. The number of nitrogens with one attached hydrogen (secondary N) is 2. The van der Waals surface area contributed by atoms with Crippen LogP contribution in [0.2, 0.25) is 0 Å². The van der Waals surface area contributed by atoms with Crippen LogP contribution in [0.25, 0.3) is 11.0 Å². The van der Waals surface area contributed by atoms with Gasteiger partial charge in [-0.2, -0.15) is 15.3 Å². The van der Waals surface area contributed by atoms with Crippen LogP contribution in [0, 0.1) is 22.7 Å². The fourth-order valence-corrected chi connectivity index (χ4v) is 5.31. The third-order valence-electron chi connectivity index (χ3n) is 7.95. The van der Waals surface area contributed by atoms with Gasteiger partial charge in [-0.3, -0.25) is 9.89 Å². The van der Waals surface area contributed by atoms with Crippen molar-refractivity contribution < 1.29 is 9.53 Å². The highest BCUT2D eigenvalue weighted by atomic mass is 16.5. The molecule has 0 bridgehead atoms. The normalized spacial score (nSPS) is 22.0. The summed E-state index contributed by atoms with van der Waals surface area (Å²) in [6, 6.07) is 8.13. The Morgan fingerprint density at radius 2 is 2.11 bits per heavy atom. The van der Waals surface area contributed by atoms with Crippen LogP contribution in [0.15, 0.2) is 35.7 Å². The fourth-order valence-electron chi connectivity index (χ4n) is 5.31. The molecule has 36 heavy (non-hydrogen) atoms. The van der Waals surface area contributed by atoms with Gasteiger partial charge in [-0.1, -0.05) is 0 Å². The van der Waals surface area contributed by atoms with Crippen molar-refractivity contribution >= 4 is 22.8 Å². The molecule has 7 rings (SSSR count). The van der Waals surface area contributed by atoms with E-state index in [0.29, 0.717) is 23.5 Å². The third-order valence-corrected chi connectivity index (χ3v) is 7.95. The third kappa shape index (κ3) is 3.75. The van der Waals surface area contributed by atoms with Crippen molar-refractivity contribution in [1.29, 1.82) is 5.26 Å². The second-order valence-corrected chi connectivity index (χ2v) is 10.4. The van der Waals surface area contributed by atoms with Crippen LogP contribution < -0.4 is 15.0 Å². The number of nitriles is 1. The van der Waals surface area contributed by atoms with Crippen molar-refractivity contribution in [3.05, 3.63) is 47.2 Å². The molecular weight excluding hydrogens is 456 g/mol. The molecule has 0 radical (unpaired) electrons. The van der Waals surface area contributed by atoms with Gasteiger partial charge in [0, 0.05) is 42.4 Å². The predicted molar refractivity (Wildman–Crippen MR) is 130 cm³/mol. The van der Waals surface area contributed by atoms with Crippen LogP contribution in [0.3, 0.4) is 0 Å². The number of hydrogen-bond donors (Lipinski definition) is 2. The molecule has 1 amide bonds. The van der Waals surface area contributed by atoms with Gasteiger partial charge in [-0.25, -0.2) is 9.97 Å². The Balaban J connectivity index is 1.10. The highest BCUT2D eigenvalue weighted by molar-refractivity contribution is 5.92. The Bertz CT molecular complexity index is 1440. The molecule has 3 aromatic heterocycles. The number of H-pyrrole nitrogens is 1. The van der Waals surface area contributed by atoms with Gasteiger partial charge in [0.1, 0.15) is 12.4 Å². The minimum atomic E-state index is -0.424. The molecule has 182 valence electrons. The van der Waals surface area contributed by atoms with Crippen LogP contribution in [0.4, 0.5) is 5.82 Å². The number of fused-ring (bicyclic) bond motifs is 2. The van der Waals surface area contributed by atoms with E-state index in [4.69, 9.17) is 4.74 Å². The zero-order valence-corrected chi connectivity index (χ0v) is 19.8. The van der Waals surface area contributed by atoms with Crippen molar-refractivity contribution in [2.45, 2.75) is 44.4 Å². The van der Waals surface area contributed by atoms with E-state index in [9.17, 15) is 10.1 Å². The molecule has 3 fully saturated rings. The van der Waals surface area contributed by atoms with Gasteiger partial charge in [0.25, 0.3) is 5.91 Å². The molecule has 4 heterocycles. The van der Waals surface area contributed by atoms with Crippen molar-refractivity contribution in [1.82, 2.24) is 30.5 Å². The SMILES string of the molecule is N#CC1(COc2cc(N3CCC(c4n[nH]c5ncccc45)CC3)nc(C(=O)NC3=C4CC4C3)n2)CC1. The van der Waals surface area contributed by atoms with Gasteiger partial charge >= 0.3 is 0 Å². The number of carbonyl (C=O) groups excluding carboxylic acids is 1. The summed E-state index contributed by atoms with van der Waals surface area (Å²) in [6.45, 7) is 1.83. The van der Waals surface area contributed by atoms with E-state index >= 15 is 0 Å². The summed E-state index contributed by atoms with van der Waals surface area (Å²) < 4.78 is 5.94. The lowest BCUT2D eigenvalue weighted by Gasteiger charge is -2.32. The van der Waals surface area contributed by atoms with Crippen LogP contribution in [0.5, 0.6) is 5.88 Å². The number of nitrogens with zero attached hydrogens (tertiary/aromatic N) is 6. The van der Waals surface area contributed by atoms with Crippen molar-refractivity contribution in [3.63, 3.8) is 0 Å². The molecular formula is C26H26N8O2. The highest BCUT2D eigenvalue weighted by Crippen LogP contribution is 2.53. The largest absolute Gasteiger partial charge is 0.476 e. The molecule has 1 atom stereocenters. The van der Waals surface area contributed by atoms with E-state index in [2.05, 4.69) is 47.5 Å². The van der Waals surface area contributed by atoms with Gasteiger partial charge in [-0.15, -0.1) is 0 Å². The first kappa shape index (κ1) is 21.3. The first-order chi connectivity index (χ1) is 17.6. The lowest BCUT2D eigenvalue weighted by molar-refractivity contribution is 0.0951. The van der Waals surface area contributed by atoms with Crippen molar-refractivity contribution in [2.75, 3.05) is 24.6 Å². The quantitative estimate of drug-likeness (QED) is 0.524. The number of carbonyl (C=O) groups is 1. The van der Waals surface area contributed by atoms with E-state index in [1.54, 1.807) is 12.3 Å². The Hall–Kier alpha value is -4.00. The number of pyridine rings is 1. The number of hydrogen-bond acceptors (Lipinski definition) is 8. The molecule has 0 spiro atoms. The van der Waals surface area contributed by atoms with Crippen LogP contribution in [0.1, 0.15) is 60.8 Å². The van der Waals surface area contributed by atoms with E-state index in [-0.39, 0.29) is 18.3 Å². The fraction of sp³-hybridized carbons (Fsp3) is 0.462. The molecule has 1 saturated heterocycles. The van der Waals surface area contributed by atoms with Gasteiger partial charge in [0.05, 0.1) is 17.2 Å². The summed E-state index contributed by atoms with van der Waals surface area (Å²) in [4.78, 5) is 28.6. The minimum Gasteiger partial charge on any atom is -0.476 e. The van der Waals surface area contributed by atoms with Gasteiger partial charge in [0.2, 0.25) is 11.7 Å². The standard InChI is InChI=1S/C26H26N8O2/c27-13-26(5-6-26)14-36-21-12-20(30-24(31-21)25(35)29-19-11-16-10-18(16)19)34-8-3-15(4-9-34)22-17-2-1-7-28-23(17)33-32-22/h1-2,7,12,15-16H,3-6,8-11,14H2,(H,29,35)(H,28,32,33). The molecule has 1 aliphatic heterocycles. The van der Waals surface area contributed by atoms with Gasteiger partial charge in [-0.05, 0) is 62.1 Å². The summed E-state index contributed by atoms with van der Waals surface area (Å²) in [5.74, 6) is 1.82. The lowest BCUT2D eigenvalue weighted by Crippen LogP contribution is -2.35. The maximum atomic E-state index is 13.0. The lowest BCUT2D eigenvalue weighted by atomic mass is 9.92. The summed E-state index contributed by atoms with van der Waals surface area (Å²) in [6.07, 6.45) is 7.27. The second-order valence-electron chi connectivity index (χ2n) is 10.4. The maximum absolute atomic E-state index is 13.0. The molecule has 0 aromatic carbocycles. The Kier molecular flexibility index (Phi) is 4.74. The van der Waals surface area contributed by atoms with E-state index in [0.717, 1.165) is 74.0 Å². The topological polar surface area (TPSA) is 133 Å². The Labute approximate surface area is 207 Å². The number of piperidine rings is 1. The van der Waals surface area contributed by atoms with Crippen LogP contribution in [-0.4, -0.2) is 50.8 Å². The summed E-state index contributed by atoms with van der Waals surface area (Å²) in [7, 11) is 0. The number of amides is 1. The smallest absolute Gasteiger partial charge is 0.293 e. The first-order valence-electron chi connectivity index (χ1n) is 12.6. The molecule has 2 saturated carbocycles. The van der Waals surface area contributed by atoms with Crippen LogP contribution in [-0.2, 0) is 0 Å². The Morgan fingerprint density at radius 3 is 2.83 bits per heavy atom. The number of allylic oxidation sites excluding steroid dienone is 2. The second kappa shape index (κ2) is 8.01. The van der Waals surface area contributed by atoms with Crippen molar-refractivity contribution in [2.24, 2.45) is 11.3 Å². The van der Waals surface area contributed by atoms with Gasteiger partial charge < -0.3 is 15.0 Å². The molecule has 2 N–H and O–H groups in total. The molecule has 10 heteroatoms. The first-order valence-corrected chi connectivity index (χ1v) is 12.6. The maximum Gasteiger partial charge on any atom is 0.293 e. The molecule has 3 aromatic rings. The predicted octanol–water partition coefficient (Wildman–Crippen LogP) is 3.22. The average molecular weight is 483 g/mol. The zero-order valence-electron chi connectivity index (χ0n) is 19.8. The number of ether oxygens (including phenoxy) is 1. The van der Waals surface area contributed by atoms with E-state index < -0.39 is 5.41 Å². The highest BCUT2D eigenvalue weighted by Gasteiger charge is 2.45. The number of rotatable bonds is 7. The number of anilines is 1. The molecule has 3 aliphatic carbocycles. The van der Waals surface area contributed by atoms with Crippen molar-refractivity contribution in [3.8, 4) is 11.9 Å².